The Kier molecular flexibility index (Phi) is 5.97. The first-order valence-corrected chi connectivity index (χ1v) is 11.6. The van der Waals surface area contributed by atoms with Crippen LogP contribution in [0.15, 0.2) is 34.1 Å². The molecule has 1 saturated heterocycles. The molecule has 8 heteroatoms. The number of hydrogen-bond acceptors (Lipinski definition) is 6. The average Bonchev–Trinajstić information content (AvgIpc) is 3.00. The molecule has 1 saturated carbocycles. The Labute approximate surface area is 185 Å². The van der Waals surface area contributed by atoms with Gasteiger partial charge in [-0.25, -0.2) is 4.98 Å². The van der Waals surface area contributed by atoms with Crippen molar-refractivity contribution >= 4 is 51.7 Å². The lowest BCUT2D eigenvalue weighted by Crippen LogP contribution is -2.34. The maximum atomic E-state index is 13.3. The van der Waals surface area contributed by atoms with Gasteiger partial charge in [0.15, 0.2) is 0 Å². The summed E-state index contributed by atoms with van der Waals surface area (Å²) in [5, 5.41) is 3.50. The molecule has 1 amide bonds. The zero-order valence-electron chi connectivity index (χ0n) is 17.4. The summed E-state index contributed by atoms with van der Waals surface area (Å²) in [5.74, 6) is 1.12. The maximum Gasteiger partial charge on any atom is 0.267 e. The molecule has 0 bridgehead atoms. The second kappa shape index (κ2) is 8.51. The number of thiocarbonyl (C=S) groups is 1. The van der Waals surface area contributed by atoms with Gasteiger partial charge in [0.2, 0.25) is 0 Å². The SMILES string of the molecule is CC1CCC(Nc2nc3ccccn3c(=O)c2C=C2SC(=S)N(C(C)C)C2=O)CC1. The zero-order chi connectivity index (χ0) is 21.4. The van der Waals surface area contributed by atoms with Crippen LogP contribution < -0.4 is 10.9 Å². The minimum atomic E-state index is -0.193. The van der Waals surface area contributed by atoms with Crippen molar-refractivity contribution in [3.05, 3.63) is 45.2 Å². The van der Waals surface area contributed by atoms with Gasteiger partial charge < -0.3 is 5.32 Å². The Morgan fingerprint density at radius 3 is 2.63 bits per heavy atom. The van der Waals surface area contributed by atoms with Crippen LogP contribution in [0.1, 0.15) is 52.0 Å². The van der Waals surface area contributed by atoms with Crippen molar-refractivity contribution < 1.29 is 4.79 Å². The summed E-state index contributed by atoms with van der Waals surface area (Å²) in [6.45, 7) is 6.13. The van der Waals surface area contributed by atoms with Crippen molar-refractivity contribution in [3.8, 4) is 0 Å². The molecule has 6 nitrogen and oxygen atoms in total. The Hall–Kier alpha value is -2.19. The number of thioether (sulfide) groups is 1. The fraction of sp³-hybridized carbons (Fsp3) is 0.455. The van der Waals surface area contributed by atoms with Gasteiger partial charge in [0.05, 0.1) is 10.5 Å². The van der Waals surface area contributed by atoms with Gasteiger partial charge in [0.1, 0.15) is 15.8 Å². The van der Waals surface area contributed by atoms with Crippen molar-refractivity contribution in [2.75, 3.05) is 5.32 Å². The van der Waals surface area contributed by atoms with Gasteiger partial charge in [-0.2, -0.15) is 0 Å². The third kappa shape index (κ3) is 4.03. The van der Waals surface area contributed by atoms with Crippen molar-refractivity contribution in [2.24, 2.45) is 5.92 Å². The second-order valence-corrected chi connectivity index (χ2v) is 10.0. The molecular weight excluding hydrogens is 416 g/mol. The Balaban J connectivity index is 1.78. The van der Waals surface area contributed by atoms with E-state index in [1.807, 2.05) is 26.0 Å². The van der Waals surface area contributed by atoms with E-state index in [1.165, 1.54) is 16.2 Å². The number of nitrogens with one attached hydrogen (secondary N) is 1. The van der Waals surface area contributed by atoms with E-state index in [-0.39, 0.29) is 23.6 Å². The molecule has 0 spiro atoms. The molecule has 0 atom stereocenters. The molecule has 2 aliphatic rings. The number of nitrogens with zero attached hydrogens (tertiary/aromatic N) is 3. The molecule has 0 unspecified atom stereocenters. The number of hydrogen-bond donors (Lipinski definition) is 1. The quantitative estimate of drug-likeness (QED) is 0.563. The number of carbonyl (C=O) groups excluding carboxylic acids is 1. The van der Waals surface area contributed by atoms with Crippen LogP contribution in [0.2, 0.25) is 0 Å². The number of anilines is 1. The van der Waals surface area contributed by atoms with E-state index in [0.717, 1.165) is 31.6 Å². The van der Waals surface area contributed by atoms with Gasteiger partial charge in [-0.1, -0.05) is 37.0 Å². The molecule has 2 aromatic rings. The maximum absolute atomic E-state index is 13.3. The van der Waals surface area contributed by atoms with E-state index >= 15 is 0 Å². The summed E-state index contributed by atoms with van der Waals surface area (Å²) in [7, 11) is 0. The van der Waals surface area contributed by atoms with Crippen LogP contribution in [0, 0.1) is 5.92 Å². The van der Waals surface area contributed by atoms with Gasteiger partial charge in [-0.15, -0.1) is 0 Å². The molecule has 4 rings (SSSR count). The van der Waals surface area contributed by atoms with E-state index in [2.05, 4.69) is 12.2 Å². The Morgan fingerprint density at radius 1 is 1.23 bits per heavy atom. The van der Waals surface area contributed by atoms with Crippen LogP contribution in [0.5, 0.6) is 0 Å². The van der Waals surface area contributed by atoms with Crippen molar-refractivity contribution in [2.45, 2.75) is 58.5 Å². The van der Waals surface area contributed by atoms with Crippen LogP contribution in [-0.4, -0.2) is 36.6 Å². The van der Waals surface area contributed by atoms with Gasteiger partial charge in [-0.3, -0.25) is 18.9 Å². The predicted molar refractivity (Wildman–Crippen MR) is 127 cm³/mol. The molecule has 2 fully saturated rings. The zero-order valence-corrected chi connectivity index (χ0v) is 19.1. The van der Waals surface area contributed by atoms with Crippen molar-refractivity contribution in [3.63, 3.8) is 0 Å². The molecule has 1 aliphatic heterocycles. The van der Waals surface area contributed by atoms with Gasteiger partial charge in [0.25, 0.3) is 11.5 Å². The molecule has 2 aromatic heterocycles. The largest absolute Gasteiger partial charge is 0.367 e. The standard InChI is InChI=1S/C22H26N4O2S2/c1-13(2)26-21(28)17(30-22(26)29)12-16-19(23-15-9-7-14(3)8-10-15)24-18-6-4-5-11-25(18)20(16)27/h4-6,11-15,23H,7-10H2,1-3H3. The summed E-state index contributed by atoms with van der Waals surface area (Å²) in [6, 6.07) is 5.73. The number of rotatable bonds is 4. The number of carbonyl (C=O) groups is 1. The summed E-state index contributed by atoms with van der Waals surface area (Å²) < 4.78 is 2.04. The molecule has 0 aromatic carbocycles. The third-order valence-electron chi connectivity index (χ3n) is 5.74. The van der Waals surface area contributed by atoms with Gasteiger partial charge in [0, 0.05) is 18.3 Å². The first kappa shape index (κ1) is 21.1. The fourth-order valence-electron chi connectivity index (χ4n) is 4.00. The molecule has 3 heterocycles. The monoisotopic (exact) mass is 442 g/mol. The second-order valence-electron chi connectivity index (χ2n) is 8.35. The van der Waals surface area contributed by atoms with Crippen LogP contribution in [0.25, 0.3) is 11.7 Å². The number of pyridine rings is 1. The lowest BCUT2D eigenvalue weighted by atomic mass is 9.87. The summed E-state index contributed by atoms with van der Waals surface area (Å²) in [5.41, 5.74) is 0.796. The minimum Gasteiger partial charge on any atom is -0.367 e. The van der Waals surface area contributed by atoms with Crippen molar-refractivity contribution in [1.29, 1.82) is 0 Å². The van der Waals surface area contributed by atoms with E-state index in [4.69, 9.17) is 17.2 Å². The summed E-state index contributed by atoms with van der Waals surface area (Å²) >= 11 is 6.62. The Bertz CT molecular complexity index is 1080. The molecule has 0 radical (unpaired) electrons. The highest BCUT2D eigenvalue weighted by Crippen LogP contribution is 2.34. The lowest BCUT2D eigenvalue weighted by molar-refractivity contribution is -0.123. The van der Waals surface area contributed by atoms with Crippen LogP contribution >= 0.6 is 24.0 Å². The highest BCUT2D eigenvalue weighted by Gasteiger charge is 2.34. The van der Waals surface area contributed by atoms with Crippen LogP contribution in [0.3, 0.4) is 0 Å². The molecule has 30 heavy (non-hydrogen) atoms. The van der Waals surface area contributed by atoms with E-state index in [9.17, 15) is 9.59 Å². The third-order valence-corrected chi connectivity index (χ3v) is 7.07. The number of amides is 1. The molecule has 1 aliphatic carbocycles. The van der Waals surface area contributed by atoms with Gasteiger partial charge >= 0.3 is 0 Å². The molecule has 1 N–H and O–H groups in total. The van der Waals surface area contributed by atoms with Crippen LogP contribution in [-0.2, 0) is 4.79 Å². The smallest absolute Gasteiger partial charge is 0.267 e. The fourth-order valence-corrected chi connectivity index (χ4v) is 5.50. The summed E-state index contributed by atoms with van der Waals surface area (Å²) in [6.07, 6.45) is 7.77. The molecule has 158 valence electrons. The van der Waals surface area contributed by atoms with Crippen molar-refractivity contribution in [1.82, 2.24) is 14.3 Å². The minimum absolute atomic E-state index is 0.0268. The highest BCUT2D eigenvalue weighted by atomic mass is 32.2. The first-order chi connectivity index (χ1) is 14.3. The Morgan fingerprint density at radius 2 is 1.97 bits per heavy atom. The van der Waals surface area contributed by atoms with E-state index < -0.39 is 0 Å². The van der Waals surface area contributed by atoms with E-state index in [1.54, 1.807) is 23.2 Å². The summed E-state index contributed by atoms with van der Waals surface area (Å²) in [4.78, 5) is 33.0. The number of aromatic nitrogens is 2. The molecular formula is C22H26N4O2S2. The normalized spacial score (nSPS) is 23.7. The van der Waals surface area contributed by atoms with Gasteiger partial charge in [-0.05, 0) is 63.7 Å². The first-order valence-electron chi connectivity index (χ1n) is 10.4. The van der Waals surface area contributed by atoms with E-state index in [0.29, 0.717) is 26.3 Å². The van der Waals surface area contributed by atoms with Crippen LogP contribution in [0.4, 0.5) is 5.82 Å². The lowest BCUT2D eigenvalue weighted by Gasteiger charge is -2.27. The average molecular weight is 443 g/mol. The topological polar surface area (TPSA) is 66.7 Å². The number of fused-ring (bicyclic) bond motifs is 1. The highest BCUT2D eigenvalue weighted by molar-refractivity contribution is 8.26. The predicted octanol–water partition coefficient (Wildman–Crippen LogP) is 4.29.